The van der Waals surface area contributed by atoms with Gasteiger partial charge in [0.1, 0.15) is 0 Å². The molecule has 0 unspecified atom stereocenters. The Kier molecular flexibility index (Phi) is 4.79. The topological polar surface area (TPSA) is 60.9 Å². The number of hydrogen-bond donors (Lipinski definition) is 1. The Morgan fingerprint density at radius 3 is 2.35 bits per heavy atom. The van der Waals surface area contributed by atoms with Gasteiger partial charge in [-0.15, -0.1) is 0 Å². The Hall–Kier alpha value is -0.170. The van der Waals surface area contributed by atoms with Gasteiger partial charge < -0.3 is 5.11 Å². The first-order chi connectivity index (χ1) is 9.26. The van der Waals surface area contributed by atoms with Crippen molar-refractivity contribution in [3.05, 3.63) is 0 Å². The van der Waals surface area contributed by atoms with Crippen LogP contribution in [0.5, 0.6) is 0 Å². The largest absolute Gasteiger partial charge is 0.393 e. The lowest BCUT2D eigenvalue weighted by Crippen LogP contribution is -2.54. The summed E-state index contributed by atoms with van der Waals surface area (Å²) in [4.78, 5) is 0. The quantitative estimate of drug-likeness (QED) is 0.861. The number of rotatable bonds is 3. The zero-order valence-corrected chi connectivity index (χ0v) is 13.7. The van der Waals surface area contributed by atoms with Crippen LogP contribution in [0.15, 0.2) is 0 Å². The van der Waals surface area contributed by atoms with Gasteiger partial charge in [0.2, 0.25) is 0 Å². The Morgan fingerprint density at radius 2 is 1.80 bits per heavy atom. The summed E-state index contributed by atoms with van der Waals surface area (Å²) in [6, 6.07) is -0.0568. The number of hydrogen-bond acceptors (Lipinski definition) is 3. The van der Waals surface area contributed by atoms with Crippen molar-refractivity contribution in [2.75, 3.05) is 19.6 Å². The Balaban J connectivity index is 2.10. The summed E-state index contributed by atoms with van der Waals surface area (Å²) in [6.45, 7) is 8.06. The minimum Gasteiger partial charge on any atom is -0.393 e. The molecule has 0 spiro atoms. The minimum absolute atomic E-state index is 0.0568. The molecule has 1 N–H and O–H groups in total. The SMILES string of the molecule is CC[C@H]1C[C@@H](O)CCN1S(=O)(=O)N1CCC(C)(C)CC1. The molecule has 0 aromatic heterocycles. The molecule has 0 aromatic rings. The van der Waals surface area contributed by atoms with E-state index in [1.807, 2.05) is 6.92 Å². The van der Waals surface area contributed by atoms with Crippen molar-refractivity contribution in [3.8, 4) is 0 Å². The summed E-state index contributed by atoms with van der Waals surface area (Å²) in [5, 5.41) is 9.74. The third kappa shape index (κ3) is 3.35. The first kappa shape index (κ1) is 16.2. The van der Waals surface area contributed by atoms with Gasteiger partial charge in [0.05, 0.1) is 6.10 Å². The van der Waals surface area contributed by atoms with E-state index in [1.165, 1.54) is 0 Å². The van der Waals surface area contributed by atoms with E-state index >= 15 is 0 Å². The molecule has 118 valence electrons. The van der Waals surface area contributed by atoms with Gasteiger partial charge in [0.15, 0.2) is 0 Å². The summed E-state index contributed by atoms with van der Waals surface area (Å²) < 4.78 is 28.9. The smallest absolute Gasteiger partial charge is 0.282 e. The van der Waals surface area contributed by atoms with Crippen LogP contribution in [0.1, 0.15) is 52.9 Å². The van der Waals surface area contributed by atoms with Crippen molar-refractivity contribution in [2.24, 2.45) is 5.41 Å². The van der Waals surface area contributed by atoms with E-state index in [-0.39, 0.29) is 17.6 Å². The molecule has 2 atom stereocenters. The predicted molar refractivity (Wildman–Crippen MR) is 79.5 cm³/mol. The summed E-state index contributed by atoms with van der Waals surface area (Å²) >= 11 is 0. The second-order valence-corrected chi connectivity index (χ2v) is 8.80. The molecular weight excluding hydrogens is 276 g/mol. The van der Waals surface area contributed by atoms with E-state index in [0.717, 1.165) is 19.3 Å². The highest BCUT2D eigenvalue weighted by atomic mass is 32.2. The Morgan fingerprint density at radius 1 is 1.20 bits per heavy atom. The molecule has 2 aliphatic rings. The number of nitrogens with zero attached hydrogens (tertiary/aromatic N) is 2. The van der Waals surface area contributed by atoms with Crippen molar-refractivity contribution in [2.45, 2.75) is 65.0 Å². The van der Waals surface area contributed by atoms with Gasteiger partial charge >= 0.3 is 0 Å². The van der Waals surface area contributed by atoms with Gasteiger partial charge in [-0.1, -0.05) is 20.8 Å². The van der Waals surface area contributed by atoms with Gasteiger partial charge in [0.25, 0.3) is 10.2 Å². The second-order valence-electron chi connectivity index (χ2n) is 6.92. The molecule has 0 saturated carbocycles. The summed E-state index contributed by atoms with van der Waals surface area (Å²) in [5.74, 6) is 0. The van der Waals surface area contributed by atoms with Crippen LogP contribution in [0.2, 0.25) is 0 Å². The molecule has 2 saturated heterocycles. The van der Waals surface area contributed by atoms with Crippen molar-refractivity contribution in [3.63, 3.8) is 0 Å². The molecule has 0 amide bonds. The van der Waals surface area contributed by atoms with Crippen LogP contribution in [-0.2, 0) is 10.2 Å². The van der Waals surface area contributed by atoms with Crippen LogP contribution in [0.4, 0.5) is 0 Å². The van der Waals surface area contributed by atoms with Crippen LogP contribution in [0.25, 0.3) is 0 Å². The molecule has 2 heterocycles. The van der Waals surface area contributed by atoms with E-state index < -0.39 is 10.2 Å². The van der Waals surface area contributed by atoms with Crippen LogP contribution in [0, 0.1) is 5.41 Å². The molecule has 2 aliphatic heterocycles. The average molecular weight is 304 g/mol. The maximum Gasteiger partial charge on any atom is 0.282 e. The summed E-state index contributed by atoms with van der Waals surface area (Å²) in [7, 11) is -3.36. The Bertz CT molecular complexity index is 426. The van der Waals surface area contributed by atoms with Crippen LogP contribution in [0.3, 0.4) is 0 Å². The monoisotopic (exact) mass is 304 g/mol. The third-order valence-electron chi connectivity index (χ3n) is 4.80. The van der Waals surface area contributed by atoms with Gasteiger partial charge in [-0.05, 0) is 37.5 Å². The molecule has 0 aliphatic carbocycles. The molecule has 5 nitrogen and oxygen atoms in total. The molecule has 6 heteroatoms. The highest BCUT2D eigenvalue weighted by molar-refractivity contribution is 7.86. The number of aliphatic hydroxyl groups is 1. The van der Waals surface area contributed by atoms with Gasteiger partial charge in [-0.2, -0.15) is 17.0 Å². The van der Waals surface area contributed by atoms with Crippen LogP contribution >= 0.6 is 0 Å². The van der Waals surface area contributed by atoms with E-state index in [0.29, 0.717) is 32.5 Å². The fourth-order valence-electron chi connectivity index (χ4n) is 3.15. The lowest BCUT2D eigenvalue weighted by molar-refractivity contribution is 0.0746. The maximum atomic E-state index is 12.8. The van der Waals surface area contributed by atoms with Gasteiger partial charge in [-0.25, -0.2) is 0 Å². The fourth-order valence-corrected chi connectivity index (χ4v) is 5.04. The van der Waals surface area contributed by atoms with Crippen molar-refractivity contribution < 1.29 is 13.5 Å². The second kappa shape index (κ2) is 5.91. The minimum atomic E-state index is -3.36. The summed E-state index contributed by atoms with van der Waals surface area (Å²) in [5.41, 5.74) is 0.244. The molecule has 20 heavy (non-hydrogen) atoms. The van der Waals surface area contributed by atoms with Crippen molar-refractivity contribution in [1.29, 1.82) is 0 Å². The molecule has 2 rings (SSSR count). The van der Waals surface area contributed by atoms with E-state index in [1.54, 1.807) is 8.61 Å². The molecular formula is C14H28N2O3S. The lowest BCUT2D eigenvalue weighted by Gasteiger charge is -2.42. The third-order valence-corrected chi connectivity index (χ3v) is 6.90. The molecule has 0 aromatic carbocycles. The van der Waals surface area contributed by atoms with Gasteiger partial charge in [0, 0.05) is 25.7 Å². The lowest BCUT2D eigenvalue weighted by atomic mass is 9.83. The van der Waals surface area contributed by atoms with Crippen molar-refractivity contribution >= 4 is 10.2 Å². The first-order valence-electron chi connectivity index (χ1n) is 7.71. The molecule has 2 fully saturated rings. The Labute approximate surface area is 123 Å². The van der Waals surface area contributed by atoms with Gasteiger partial charge in [-0.3, -0.25) is 0 Å². The first-order valence-corrected chi connectivity index (χ1v) is 9.11. The highest BCUT2D eigenvalue weighted by Crippen LogP contribution is 2.33. The zero-order chi connectivity index (χ0) is 15.0. The fraction of sp³-hybridized carbons (Fsp3) is 1.00. The highest BCUT2D eigenvalue weighted by Gasteiger charge is 2.40. The van der Waals surface area contributed by atoms with Crippen LogP contribution in [-0.4, -0.2) is 53.9 Å². The maximum absolute atomic E-state index is 12.8. The summed E-state index contributed by atoms with van der Waals surface area (Å²) in [6.07, 6.45) is 3.35. The van der Waals surface area contributed by atoms with E-state index in [9.17, 15) is 13.5 Å². The molecule has 0 radical (unpaired) electrons. The standard InChI is InChI=1S/C14H28N2O3S/c1-4-12-11-13(17)5-8-16(12)20(18,19)15-9-6-14(2,3)7-10-15/h12-13,17H,4-11H2,1-3H3/t12-,13-/m0/s1. The van der Waals surface area contributed by atoms with E-state index in [4.69, 9.17) is 0 Å². The van der Waals surface area contributed by atoms with Crippen LogP contribution < -0.4 is 0 Å². The normalized spacial score (nSPS) is 33.2. The number of aliphatic hydroxyl groups excluding tert-OH is 1. The average Bonchev–Trinajstić information content (AvgIpc) is 2.37. The zero-order valence-electron chi connectivity index (χ0n) is 12.9. The predicted octanol–water partition coefficient (Wildman–Crippen LogP) is 1.59. The molecule has 0 bridgehead atoms. The van der Waals surface area contributed by atoms with Crippen molar-refractivity contribution in [1.82, 2.24) is 8.61 Å². The number of piperidine rings is 2. The van der Waals surface area contributed by atoms with E-state index in [2.05, 4.69) is 13.8 Å².